The van der Waals surface area contributed by atoms with Crippen LogP contribution in [0.25, 0.3) is 21.8 Å². The molecule has 0 bridgehead atoms. The maximum absolute atomic E-state index is 13.9. The standard InChI is InChI=1S/C30H22ClN3O5S/c31-19-7-9-21(10-8-19)40-22-11-12-26-24(15-22)28(35)34(30(38)33(26)17-20-4-3-13-39-20)27(29(36)37)14-18-16-32-25-6-2-1-5-23(18)25/h1-13,15-16,27,32H,14,17H2,(H,36,37)/t27-/m0/s1. The van der Waals surface area contributed by atoms with E-state index in [1.54, 1.807) is 42.6 Å². The second kappa shape index (κ2) is 10.6. The molecular weight excluding hydrogens is 550 g/mol. The van der Waals surface area contributed by atoms with Crippen LogP contribution >= 0.6 is 23.4 Å². The van der Waals surface area contributed by atoms with Gasteiger partial charge in [0.2, 0.25) is 0 Å². The van der Waals surface area contributed by atoms with E-state index >= 15 is 0 Å². The predicted octanol–water partition coefficient (Wildman–Crippen LogP) is 5.96. The summed E-state index contributed by atoms with van der Waals surface area (Å²) in [6.07, 6.45) is 3.16. The number of aromatic amines is 1. The number of carboxylic acid groups (broad SMARTS) is 1. The summed E-state index contributed by atoms with van der Waals surface area (Å²) in [7, 11) is 0. The van der Waals surface area contributed by atoms with E-state index in [1.807, 2.05) is 42.5 Å². The third kappa shape index (κ3) is 4.85. The number of H-pyrrole nitrogens is 1. The highest BCUT2D eigenvalue weighted by atomic mass is 35.5. The smallest absolute Gasteiger partial charge is 0.332 e. The number of aromatic nitrogens is 3. The fourth-order valence-electron chi connectivity index (χ4n) is 4.86. The molecule has 0 aliphatic rings. The summed E-state index contributed by atoms with van der Waals surface area (Å²) in [5.41, 5.74) is 0.533. The molecule has 3 aromatic heterocycles. The zero-order valence-electron chi connectivity index (χ0n) is 20.9. The van der Waals surface area contributed by atoms with Crippen LogP contribution in [0.3, 0.4) is 0 Å². The Kier molecular flexibility index (Phi) is 6.83. The molecule has 0 unspecified atom stereocenters. The van der Waals surface area contributed by atoms with Crippen molar-refractivity contribution in [1.29, 1.82) is 0 Å². The molecule has 0 saturated carbocycles. The molecular formula is C30H22ClN3O5S. The Labute approximate surface area is 236 Å². The molecule has 3 aromatic carbocycles. The zero-order chi connectivity index (χ0) is 27.8. The number of carboxylic acids is 1. The molecule has 0 amide bonds. The Morgan fingerprint density at radius 2 is 1.75 bits per heavy atom. The average Bonchev–Trinajstić information content (AvgIpc) is 3.62. The Morgan fingerprint density at radius 1 is 0.975 bits per heavy atom. The van der Waals surface area contributed by atoms with Gasteiger partial charge in [0.1, 0.15) is 11.8 Å². The molecule has 3 heterocycles. The third-order valence-electron chi connectivity index (χ3n) is 6.77. The van der Waals surface area contributed by atoms with Gasteiger partial charge in [-0.3, -0.25) is 9.36 Å². The number of hydrogen-bond donors (Lipinski definition) is 2. The number of para-hydroxylation sites is 1. The summed E-state index contributed by atoms with van der Waals surface area (Å²) in [6.45, 7) is 0.0334. The number of nitrogens with one attached hydrogen (secondary N) is 1. The molecule has 0 spiro atoms. The molecule has 0 aliphatic carbocycles. The van der Waals surface area contributed by atoms with Crippen LogP contribution in [0, 0.1) is 0 Å². The van der Waals surface area contributed by atoms with E-state index in [2.05, 4.69) is 4.98 Å². The molecule has 200 valence electrons. The minimum atomic E-state index is -1.43. The van der Waals surface area contributed by atoms with Crippen LogP contribution in [0.5, 0.6) is 0 Å². The number of carbonyl (C=O) groups is 1. The molecule has 10 heteroatoms. The molecule has 0 radical (unpaired) electrons. The van der Waals surface area contributed by atoms with Gasteiger partial charge in [0, 0.05) is 38.3 Å². The van der Waals surface area contributed by atoms with Crippen molar-refractivity contribution in [2.24, 2.45) is 0 Å². The lowest BCUT2D eigenvalue weighted by Gasteiger charge is -2.19. The molecule has 1 atom stereocenters. The largest absolute Gasteiger partial charge is 0.480 e. The van der Waals surface area contributed by atoms with Crippen molar-refractivity contribution in [2.45, 2.75) is 28.8 Å². The molecule has 8 nitrogen and oxygen atoms in total. The average molecular weight is 572 g/mol. The Hall–Kier alpha value is -4.47. The second-order valence-electron chi connectivity index (χ2n) is 9.28. The van der Waals surface area contributed by atoms with Crippen LogP contribution in [-0.2, 0) is 17.8 Å². The second-order valence-corrected chi connectivity index (χ2v) is 10.9. The SMILES string of the molecule is O=C(O)[C@H](Cc1c[nH]c2ccccc12)n1c(=O)c2cc(Sc3ccc(Cl)cc3)ccc2n(Cc2ccco2)c1=O. The van der Waals surface area contributed by atoms with E-state index in [9.17, 15) is 19.5 Å². The Morgan fingerprint density at radius 3 is 2.50 bits per heavy atom. The van der Waals surface area contributed by atoms with Crippen molar-refractivity contribution in [2.75, 3.05) is 0 Å². The van der Waals surface area contributed by atoms with Crippen LogP contribution in [-0.4, -0.2) is 25.2 Å². The molecule has 6 rings (SSSR count). The van der Waals surface area contributed by atoms with Gasteiger partial charge in [0.25, 0.3) is 5.56 Å². The van der Waals surface area contributed by atoms with E-state index in [0.29, 0.717) is 21.9 Å². The van der Waals surface area contributed by atoms with Gasteiger partial charge in [-0.1, -0.05) is 41.6 Å². The monoisotopic (exact) mass is 571 g/mol. The fourth-order valence-corrected chi connectivity index (χ4v) is 5.84. The minimum absolute atomic E-state index is 0.0334. The fraction of sp³-hybridized carbons (Fsp3) is 0.100. The molecule has 40 heavy (non-hydrogen) atoms. The van der Waals surface area contributed by atoms with Gasteiger partial charge in [-0.05, 0) is 66.2 Å². The number of benzene rings is 3. The van der Waals surface area contributed by atoms with E-state index in [-0.39, 0.29) is 18.4 Å². The van der Waals surface area contributed by atoms with E-state index in [1.165, 1.54) is 22.6 Å². The van der Waals surface area contributed by atoms with Gasteiger partial charge in [0.05, 0.1) is 23.7 Å². The van der Waals surface area contributed by atoms with Gasteiger partial charge in [-0.15, -0.1) is 0 Å². The highest BCUT2D eigenvalue weighted by Crippen LogP contribution is 2.30. The van der Waals surface area contributed by atoms with Gasteiger partial charge >= 0.3 is 11.7 Å². The summed E-state index contributed by atoms with van der Waals surface area (Å²) in [5, 5.41) is 12.0. The van der Waals surface area contributed by atoms with Crippen molar-refractivity contribution in [3.8, 4) is 0 Å². The van der Waals surface area contributed by atoms with Crippen LogP contribution in [0.4, 0.5) is 0 Å². The minimum Gasteiger partial charge on any atom is -0.480 e. The number of furan rings is 1. The molecule has 0 saturated heterocycles. The van der Waals surface area contributed by atoms with Crippen molar-refractivity contribution in [3.63, 3.8) is 0 Å². The van der Waals surface area contributed by atoms with Gasteiger partial charge in [-0.2, -0.15) is 0 Å². The normalized spacial score (nSPS) is 12.2. The lowest BCUT2D eigenvalue weighted by molar-refractivity contribution is -0.141. The predicted molar refractivity (Wildman–Crippen MR) is 155 cm³/mol. The molecule has 0 aliphatic heterocycles. The number of aliphatic carboxylic acids is 1. The number of nitrogens with zero attached hydrogens (tertiary/aromatic N) is 2. The summed E-state index contributed by atoms with van der Waals surface area (Å²) in [4.78, 5) is 45.2. The first-order valence-corrected chi connectivity index (χ1v) is 13.6. The van der Waals surface area contributed by atoms with Crippen LogP contribution in [0.15, 0.2) is 115 Å². The van der Waals surface area contributed by atoms with Crippen LogP contribution in [0.1, 0.15) is 17.4 Å². The lowest BCUT2D eigenvalue weighted by Crippen LogP contribution is -2.45. The van der Waals surface area contributed by atoms with E-state index < -0.39 is 23.3 Å². The summed E-state index contributed by atoms with van der Waals surface area (Å²) >= 11 is 7.44. The van der Waals surface area contributed by atoms with Gasteiger partial charge in [-0.25, -0.2) is 14.2 Å². The van der Waals surface area contributed by atoms with Crippen LogP contribution in [0.2, 0.25) is 5.02 Å². The first-order chi connectivity index (χ1) is 19.4. The number of rotatable bonds is 8. The molecule has 0 fully saturated rings. The number of hydrogen-bond acceptors (Lipinski definition) is 5. The van der Waals surface area contributed by atoms with Crippen LogP contribution < -0.4 is 11.2 Å². The molecule has 2 N–H and O–H groups in total. The summed E-state index contributed by atoms with van der Waals surface area (Å²) < 4.78 is 7.72. The van der Waals surface area contributed by atoms with Gasteiger partial charge in [0.15, 0.2) is 0 Å². The third-order valence-corrected chi connectivity index (χ3v) is 8.02. The quantitative estimate of drug-likeness (QED) is 0.233. The summed E-state index contributed by atoms with van der Waals surface area (Å²) in [5.74, 6) is -0.781. The first-order valence-electron chi connectivity index (χ1n) is 12.4. The lowest BCUT2D eigenvalue weighted by atomic mass is 10.0. The molecule has 6 aromatic rings. The summed E-state index contributed by atoms with van der Waals surface area (Å²) in [6, 6.07) is 22.0. The highest BCUT2D eigenvalue weighted by Gasteiger charge is 2.28. The number of fused-ring (bicyclic) bond motifs is 2. The van der Waals surface area contributed by atoms with E-state index in [4.69, 9.17) is 16.0 Å². The van der Waals surface area contributed by atoms with Crippen molar-refractivity contribution in [1.82, 2.24) is 14.1 Å². The Balaban J connectivity index is 1.52. The maximum Gasteiger partial charge on any atom is 0.332 e. The van der Waals surface area contributed by atoms with Crippen molar-refractivity contribution >= 4 is 51.1 Å². The number of halogens is 1. The first kappa shape index (κ1) is 25.8. The highest BCUT2D eigenvalue weighted by molar-refractivity contribution is 7.99. The van der Waals surface area contributed by atoms with Crippen molar-refractivity contribution < 1.29 is 14.3 Å². The topological polar surface area (TPSA) is 110 Å². The van der Waals surface area contributed by atoms with Gasteiger partial charge < -0.3 is 14.5 Å². The van der Waals surface area contributed by atoms with E-state index in [0.717, 1.165) is 25.3 Å². The van der Waals surface area contributed by atoms with Crippen molar-refractivity contribution in [3.05, 3.63) is 129 Å². The zero-order valence-corrected chi connectivity index (χ0v) is 22.5. The maximum atomic E-state index is 13.9. The Bertz CT molecular complexity index is 1970.